The number of aromatic nitrogens is 1. The van der Waals surface area contributed by atoms with Crippen LogP contribution in [0.3, 0.4) is 0 Å². The van der Waals surface area contributed by atoms with E-state index in [1.807, 2.05) is 0 Å². The fourth-order valence-corrected chi connectivity index (χ4v) is 7.02. The number of benzene rings is 1. The van der Waals surface area contributed by atoms with Crippen LogP contribution in [0.5, 0.6) is 0 Å². The summed E-state index contributed by atoms with van der Waals surface area (Å²) < 4.78 is 0. The summed E-state index contributed by atoms with van der Waals surface area (Å²) in [4.78, 5) is 4.96. The van der Waals surface area contributed by atoms with Gasteiger partial charge in [-0.2, -0.15) is 0 Å². The Morgan fingerprint density at radius 1 is 0.867 bits per heavy atom. The SMILES string of the molecule is CC1(C)c2c[c-]c(-c3cc4c(cn3)C3(C)CCC4C3(C)C)cc2C(C)(C)C1(C)C.[Ir]. The van der Waals surface area contributed by atoms with E-state index >= 15 is 0 Å². The molecule has 1 nitrogen and oxygen atoms in total. The normalized spacial score (nSPS) is 30.5. The monoisotopic (exact) mass is 579 g/mol. The third-order valence-corrected chi connectivity index (χ3v) is 10.8. The van der Waals surface area contributed by atoms with Crippen molar-refractivity contribution in [1.29, 1.82) is 0 Å². The van der Waals surface area contributed by atoms with E-state index in [2.05, 4.69) is 92.8 Å². The Balaban J connectivity index is 0.00000218. The van der Waals surface area contributed by atoms with Gasteiger partial charge in [-0.1, -0.05) is 68.4 Å². The number of pyridine rings is 1. The molecule has 163 valence electrons. The first-order valence-corrected chi connectivity index (χ1v) is 11.3. The van der Waals surface area contributed by atoms with Crippen molar-refractivity contribution in [3.8, 4) is 11.3 Å². The molecular formula is C28H36IrN-. The summed E-state index contributed by atoms with van der Waals surface area (Å²) in [6, 6.07) is 10.7. The minimum atomic E-state index is 0. The predicted molar refractivity (Wildman–Crippen MR) is 121 cm³/mol. The second-order valence-corrected chi connectivity index (χ2v) is 12.4. The zero-order chi connectivity index (χ0) is 21.2. The Morgan fingerprint density at radius 2 is 1.50 bits per heavy atom. The van der Waals surface area contributed by atoms with Crippen molar-refractivity contribution in [2.45, 2.75) is 97.3 Å². The molecule has 1 saturated carbocycles. The Bertz CT molecular complexity index is 1040. The molecule has 0 spiro atoms. The Morgan fingerprint density at radius 3 is 2.17 bits per heavy atom. The number of rotatable bonds is 1. The molecule has 1 heterocycles. The second kappa shape index (κ2) is 6.08. The van der Waals surface area contributed by atoms with E-state index in [0.29, 0.717) is 11.3 Å². The zero-order valence-corrected chi connectivity index (χ0v) is 22.5. The molecule has 0 amide bonds. The fraction of sp³-hybridized carbons (Fsp3) is 0.607. The maximum Gasteiger partial charge on any atom is 0.0201 e. The fourth-order valence-electron chi connectivity index (χ4n) is 7.02. The largest absolute Gasteiger partial charge is 0.304 e. The van der Waals surface area contributed by atoms with E-state index in [1.54, 1.807) is 5.56 Å². The van der Waals surface area contributed by atoms with Crippen LogP contribution in [-0.4, -0.2) is 4.98 Å². The van der Waals surface area contributed by atoms with Gasteiger partial charge in [0.05, 0.1) is 0 Å². The first-order chi connectivity index (χ1) is 13.3. The van der Waals surface area contributed by atoms with E-state index < -0.39 is 0 Å². The summed E-state index contributed by atoms with van der Waals surface area (Å²) in [5.41, 5.74) is 9.22. The van der Waals surface area contributed by atoms with Gasteiger partial charge in [0.15, 0.2) is 0 Å². The summed E-state index contributed by atoms with van der Waals surface area (Å²) in [5, 5.41) is 0. The van der Waals surface area contributed by atoms with Gasteiger partial charge >= 0.3 is 0 Å². The van der Waals surface area contributed by atoms with E-state index in [9.17, 15) is 0 Å². The van der Waals surface area contributed by atoms with Crippen LogP contribution >= 0.6 is 0 Å². The van der Waals surface area contributed by atoms with E-state index in [1.165, 1.54) is 29.5 Å². The van der Waals surface area contributed by atoms with Crippen molar-refractivity contribution < 1.29 is 20.1 Å². The van der Waals surface area contributed by atoms with Crippen LogP contribution in [0, 0.1) is 16.9 Å². The smallest absolute Gasteiger partial charge is 0.0201 e. The number of fused-ring (bicyclic) bond motifs is 6. The van der Waals surface area contributed by atoms with Crippen molar-refractivity contribution in [2.24, 2.45) is 10.8 Å². The molecule has 1 aromatic carbocycles. The third kappa shape index (κ3) is 2.26. The Labute approximate surface area is 196 Å². The number of hydrogen-bond donors (Lipinski definition) is 0. The van der Waals surface area contributed by atoms with Crippen molar-refractivity contribution >= 4 is 0 Å². The molecule has 0 N–H and O–H groups in total. The van der Waals surface area contributed by atoms with Crippen LogP contribution in [0.15, 0.2) is 24.4 Å². The average Bonchev–Trinajstić information content (AvgIpc) is 3.03. The number of hydrogen-bond acceptors (Lipinski definition) is 1. The molecule has 2 unspecified atom stereocenters. The minimum absolute atomic E-state index is 0. The van der Waals surface area contributed by atoms with Crippen LogP contribution in [0.1, 0.15) is 103 Å². The van der Waals surface area contributed by atoms with Gasteiger partial charge in [0, 0.05) is 26.3 Å². The van der Waals surface area contributed by atoms with Gasteiger partial charge in [-0.3, -0.25) is 0 Å². The summed E-state index contributed by atoms with van der Waals surface area (Å²) in [7, 11) is 0. The topological polar surface area (TPSA) is 12.9 Å². The molecule has 2 aromatic rings. The van der Waals surface area contributed by atoms with Gasteiger partial charge in [0.25, 0.3) is 0 Å². The first kappa shape index (κ1) is 22.2. The van der Waals surface area contributed by atoms with Crippen molar-refractivity contribution in [3.63, 3.8) is 0 Å². The van der Waals surface area contributed by atoms with Crippen LogP contribution in [0.4, 0.5) is 0 Å². The maximum atomic E-state index is 4.96. The quantitative estimate of drug-likeness (QED) is 0.323. The molecule has 1 radical (unpaired) electrons. The van der Waals surface area contributed by atoms with Crippen LogP contribution in [0.2, 0.25) is 0 Å². The first-order valence-electron chi connectivity index (χ1n) is 11.3. The molecule has 2 bridgehead atoms. The Hall–Kier alpha value is -0.981. The van der Waals surface area contributed by atoms with Crippen molar-refractivity contribution in [1.82, 2.24) is 4.98 Å². The van der Waals surface area contributed by atoms with Crippen LogP contribution in [0.25, 0.3) is 11.3 Å². The third-order valence-electron chi connectivity index (χ3n) is 10.8. The van der Waals surface area contributed by atoms with Crippen molar-refractivity contribution in [2.75, 3.05) is 0 Å². The van der Waals surface area contributed by atoms with Gasteiger partial charge < -0.3 is 4.98 Å². The van der Waals surface area contributed by atoms with Crippen molar-refractivity contribution in [3.05, 3.63) is 52.7 Å². The van der Waals surface area contributed by atoms with E-state index in [4.69, 9.17) is 4.98 Å². The molecular weight excluding hydrogens is 543 g/mol. The summed E-state index contributed by atoms with van der Waals surface area (Å²) in [6.45, 7) is 21.8. The summed E-state index contributed by atoms with van der Waals surface area (Å²) >= 11 is 0. The average molecular weight is 579 g/mol. The van der Waals surface area contributed by atoms with Gasteiger partial charge in [0.1, 0.15) is 0 Å². The molecule has 2 heteroatoms. The van der Waals surface area contributed by atoms with Crippen LogP contribution in [-0.2, 0) is 36.4 Å². The van der Waals surface area contributed by atoms with Crippen LogP contribution < -0.4 is 0 Å². The maximum absolute atomic E-state index is 4.96. The predicted octanol–water partition coefficient (Wildman–Crippen LogP) is 7.32. The molecule has 3 aliphatic carbocycles. The zero-order valence-electron chi connectivity index (χ0n) is 20.1. The van der Waals surface area contributed by atoms with Gasteiger partial charge in [0.2, 0.25) is 0 Å². The molecule has 2 atom stereocenters. The molecule has 3 aliphatic rings. The Kier molecular flexibility index (Phi) is 4.50. The number of nitrogens with zero attached hydrogens (tertiary/aromatic N) is 1. The van der Waals surface area contributed by atoms with Gasteiger partial charge in [-0.05, 0) is 62.7 Å². The van der Waals surface area contributed by atoms with E-state index in [0.717, 1.165) is 11.3 Å². The second-order valence-electron chi connectivity index (χ2n) is 12.4. The molecule has 1 fully saturated rings. The molecule has 0 aliphatic heterocycles. The standard InChI is InChI=1S/C28H36N.Ir/c1-24(2)20-11-10-17(14-21(20)25(3,4)27(24,7)8)23-15-18-19-12-13-28(9,26(19,5)6)22(18)16-29-23;/h11,14-16,19H,12-13H2,1-9H3;/q-1;. The molecule has 5 rings (SSSR count). The molecule has 0 saturated heterocycles. The summed E-state index contributed by atoms with van der Waals surface area (Å²) in [5.74, 6) is 0.660. The van der Waals surface area contributed by atoms with Gasteiger partial charge in [-0.15, -0.1) is 34.9 Å². The minimum Gasteiger partial charge on any atom is -0.304 e. The van der Waals surface area contributed by atoms with Gasteiger partial charge in [-0.25, -0.2) is 0 Å². The molecule has 30 heavy (non-hydrogen) atoms. The summed E-state index contributed by atoms with van der Waals surface area (Å²) in [6.07, 6.45) is 4.79. The van der Waals surface area contributed by atoms with E-state index in [-0.39, 0.29) is 41.8 Å². The molecule has 1 aromatic heterocycles.